The zero-order chi connectivity index (χ0) is 21.2. The first kappa shape index (κ1) is 19.9. The van der Waals surface area contributed by atoms with Crippen LogP contribution in [0.2, 0.25) is 0 Å². The first-order valence-corrected chi connectivity index (χ1v) is 8.43. The van der Waals surface area contributed by atoms with Crippen LogP contribution in [0.3, 0.4) is 0 Å². The fourth-order valence-electron chi connectivity index (χ4n) is 3.03. The van der Waals surface area contributed by atoms with Gasteiger partial charge in [0, 0.05) is 11.4 Å². The maximum Gasteiger partial charge on any atom is 0.416 e. The van der Waals surface area contributed by atoms with Gasteiger partial charge in [-0.05, 0) is 35.9 Å². The van der Waals surface area contributed by atoms with Gasteiger partial charge in [-0.25, -0.2) is 4.79 Å². The van der Waals surface area contributed by atoms with E-state index in [0.29, 0.717) is 11.1 Å². The van der Waals surface area contributed by atoms with Crippen molar-refractivity contribution in [2.24, 2.45) is 5.92 Å². The lowest BCUT2D eigenvalue weighted by atomic mass is 9.88. The fraction of sp³-hybridized carbons (Fsp3) is 0.150. The van der Waals surface area contributed by atoms with E-state index in [1.54, 1.807) is 12.1 Å². The van der Waals surface area contributed by atoms with Gasteiger partial charge in [0.25, 0.3) is 0 Å². The van der Waals surface area contributed by atoms with Gasteiger partial charge in [-0.3, -0.25) is 4.79 Å². The van der Waals surface area contributed by atoms with Crippen LogP contribution in [-0.2, 0) is 11.0 Å². The molecule has 1 aliphatic rings. The summed E-state index contributed by atoms with van der Waals surface area (Å²) in [5.41, 5.74) is 0.121. The zero-order valence-corrected chi connectivity index (χ0v) is 14.9. The number of hydrogen-bond donors (Lipinski definition) is 3. The van der Waals surface area contributed by atoms with Gasteiger partial charge in [0.15, 0.2) is 0 Å². The molecule has 148 valence electrons. The summed E-state index contributed by atoms with van der Waals surface area (Å²) in [6.45, 7) is 3.71. The molecule has 1 aliphatic heterocycles. The third-order valence-corrected chi connectivity index (χ3v) is 4.41. The molecule has 2 aromatic carbocycles. The van der Waals surface area contributed by atoms with Crippen LogP contribution in [0.15, 0.2) is 60.8 Å². The number of nitrogens with one attached hydrogen (secondary N) is 3. The van der Waals surface area contributed by atoms with E-state index in [9.17, 15) is 22.8 Å². The second-order valence-corrected chi connectivity index (χ2v) is 6.38. The number of anilines is 1. The summed E-state index contributed by atoms with van der Waals surface area (Å²) in [5, 5.41) is 16.4. The molecular formula is C20H15F3N4O2. The Morgan fingerprint density at radius 3 is 2.48 bits per heavy atom. The minimum absolute atomic E-state index is 0.0342. The van der Waals surface area contributed by atoms with Gasteiger partial charge in [-0.1, -0.05) is 24.8 Å². The summed E-state index contributed by atoms with van der Waals surface area (Å²) in [6, 6.07) is 11.1. The van der Waals surface area contributed by atoms with E-state index in [-0.39, 0.29) is 11.4 Å². The molecule has 3 N–H and O–H groups in total. The maximum atomic E-state index is 12.9. The Balaban J connectivity index is 1.88. The van der Waals surface area contributed by atoms with Crippen molar-refractivity contribution >= 4 is 17.6 Å². The van der Waals surface area contributed by atoms with Gasteiger partial charge < -0.3 is 16.0 Å². The molecule has 1 saturated heterocycles. The Labute approximate surface area is 164 Å². The van der Waals surface area contributed by atoms with Crippen molar-refractivity contribution in [2.75, 3.05) is 5.32 Å². The van der Waals surface area contributed by atoms with E-state index in [1.807, 2.05) is 6.07 Å². The Morgan fingerprint density at radius 1 is 1.17 bits per heavy atom. The predicted octanol–water partition coefficient (Wildman–Crippen LogP) is 3.70. The highest BCUT2D eigenvalue weighted by atomic mass is 19.4. The Morgan fingerprint density at radius 2 is 1.86 bits per heavy atom. The summed E-state index contributed by atoms with van der Waals surface area (Å²) in [6.07, 6.45) is -4.55. The first-order valence-electron chi connectivity index (χ1n) is 8.43. The molecule has 0 bridgehead atoms. The third-order valence-electron chi connectivity index (χ3n) is 4.41. The van der Waals surface area contributed by atoms with Crippen molar-refractivity contribution in [1.29, 1.82) is 5.26 Å². The Bertz CT molecular complexity index is 1010. The summed E-state index contributed by atoms with van der Waals surface area (Å²) >= 11 is 0. The Hall–Kier alpha value is -3.80. The van der Waals surface area contributed by atoms with Crippen molar-refractivity contribution in [3.63, 3.8) is 0 Å². The van der Waals surface area contributed by atoms with E-state index in [0.717, 1.165) is 12.1 Å². The van der Waals surface area contributed by atoms with Crippen LogP contribution >= 0.6 is 0 Å². The second kappa shape index (κ2) is 7.67. The van der Waals surface area contributed by atoms with Crippen LogP contribution in [0, 0.1) is 17.2 Å². The highest BCUT2D eigenvalue weighted by Gasteiger charge is 2.38. The van der Waals surface area contributed by atoms with Gasteiger partial charge in [-0.15, -0.1) is 0 Å². The van der Waals surface area contributed by atoms with Crippen LogP contribution in [0.4, 0.5) is 23.7 Å². The molecule has 0 radical (unpaired) electrons. The summed E-state index contributed by atoms with van der Waals surface area (Å²) < 4.78 is 38.7. The van der Waals surface area contributed by atoms with Gasteiger partial charge in [-0.2, -0.15) is 18.4 Å². The van der Waals surface area contributed by atoms with Crippen molar-refractivity contribution in [2.45, 2.75) is 12.2 Å². The van der Waals surface area contributed by atoms with Crippen LogP contribution in [0.1, 0.15) is 22.7 Å². The topological polar surface area (TPSA) is 94.0 Å². The number of amides is 3. The van der Waals surface area contributed by atoms with Crippen LogP contribution in [-0.4, -0.2) is 11.9 Å². The van der Waals surface area contributed by atoms with Gasteiger partial charge >= 0.3 is 12.2 Å². The number of hydrogen-bond acceptors (Lipinski definition) is 3. The SMILES string of the molecule is C=C1NC(=O)N[C@@H](c2ccc(C#N)cc2)[C@@H]1C(=O)Nc1cccc(C(F)(F)F)c1. The molecule has 1 fully saturated rings. The van der Waals surface area contributed by atoms with E-state index < -0.39 is 35.6 Å². The predicted molar refractivity (Wildman–Crippen MR) is 98.3 cm³/mol. The molecule has 0 aromatic heterocycles. The highest BCUT2D eigenvalue weighted by molar-refractivity contribution is 5.97. The minimum atomic E-state index is -4.55. The van der Waals surface area contributed by atoms with Crippen LogP contribution in [0.5, 0.6) is 0 Å². The second-order valence-electron chi connectivity index (χ2n) is 6.38. The molecule has 2 aromatic rings. The number of urea groups is 1. The zero-order valence-electron chi connectivity index (χ0n) is 14.9. The molecule has 2 atom stereocenters. The van der Waals surface area contributed by atoms with Gasteiger partial charge in [0.1, 0.15) is 5.92 Å². The lowest BCUT2D eigenvalue weighted by molar-refractivity contribution is -0.137. The normalized spacial score (nSPS) is 19.0. The average molecular weight is 400 g/mol. The smallest absolute Gasteiger partial charge is 0.330 e. The Kier molecular flexibility index (Phi) is 5.28. The van der Waals surface area contributed by atoms with E-state index >= 15 is 0 Å². The molecule has 0 unspecified atom stereocenters. The summed E-state index contributed by atoms with van der Waals surface area (Å²) in [7, 11) is 0. The highest BCUT2D eigenvalue weighted by Crippen LogP contribution is 2.33. The number of nitriles is 1. The van der Waals surface area contributed by atoms with E-state index in [1.165, 1.54) is 24.3 Å². The third kappa shape index (κ3) is 4.38. The van der Waals surface area contributed by atoms with E-state index in [2.05, 4.69) is 22.5 Å². The monoisotopic (exact) mass is 400 g/mol. The lowest BCUT2D eigenvalue weighted by Crippen LogP contribution is -2.51. The van der Waals surface area contributed by atoms with Gasteiger partial charge in [0.05, 0.1) is 23.2 Å². The molecule has 6 nitrogen and oxygen atoms in total. The minimum Gasteiger partial charge on any atom is -0.330 e. The number of carbonyl (C=O) groups excluding carboxylic acids is 2. The van der Waals surface area contributed by atoms with Crippen molar-refractivity contribution in [1.82, 2.24) is 10.6 Å². The molecule has 9 heteroatoms. The molecule has 3 rings (SSSR count). The molecule has 29 heavy (non-hydrogen) atoms. The molecule has 0 aliphatic carbocycles. The van der Waals surface area contributed by atoms with Crippen LogP contribution in [0.25, 0.3) is 0 Å². The van der Waals surface area contributed by atoms with Crippen molar-refractivity contribution in [3.05, 3.63) is 77.5 Å². The summed E-state index contributed by atoms with van der Waals surface area (Å²) in [5.74, 6) is -1.63. The molecular weight excluding hydrogens is 385 g/mol. The molecule has 0 spiro atoms. The van der Waals surface area contributed by atoms with Gasteiger partial charge in [0.2, 0.25) is 5.91 Å². The van der Waals surface area contributed by atoms with Crippen molar-refractivity contribution in [3.8, 4) is 6.07 Å². The lowest BCUT2D eigenvalue weighted by Gasteiger charge is -2.34. The number of rotatable bonds is 3. The standard InChI is InChI=1S/C20H15F3N4O2/c1-11-16(18(28)26-15-4-2-3-14(9-15)20(21,22)23)17(27-19(29)25-11)13-7-5-12(10-24)6-8-13/h2-9,16-17H,1H2,(H,26,28)(H2,25,27,29)/t16-,17+/m1/s1. The quantitative estimate of drug-likeness (QED) is 0.733. The fourth-order valence-corrected chi connectivity index (χ4v) is 3.03. The number of benzene rings is 2. The maximum absolute atomic E-state index is 12.9. The largest absolute Gasteiger partial charge is 0.416 e. The molecule has 0 saturated carbocycles. The first-order chi connectivity index (χ1) is 13.7. The molecule has 1 heterocycles. The number of carbonyl (C=O) groups is 2. The number of halogens is 3. The number of alkyl halides is 3. The average Bonchev–Trinajstić information content (AvgIpc) is 2.67. The summed E-state index contributed by atoms with van der Waals surface area (Å²) in [4.78, 5) is 24.7. The number of nitrogens with zero attached hydrogens (tertiary/aromatic N) is 1. The molecule has 3 amide bonds. The van der Waals surface area contributed by atoms with Crippen LogP contribution < -0.4 is 16.0 Å². The van der Waals surface area contributed by atoms with Crippen molar-refractivity contribution < 1.29 is 22.8 Å². The van der Waals surface area contributed by atoms with E-state index in [4.69, 9.17) is 5.26 Å².